The number of carbonyl (C=O) groups excluding carboxylic acids is 1. The van der Waals surface area contributed by atoms with E-state index in [4.69, 9.17) is 4.52 Å². The van der Waals surface area contributed by atoms with E-state index in [1.165, 1.54) is 12.8 Å². The minimum atomic E-state index is 0.145. The molecule has 2 aromatic heterocycles. The predicted octanol–water partition coefficient (Wildman–Crippen LogP) is 2.78. The summed E-state index contributed by atoms with van der Waals surface area (Å²) in [5.74, 6) is 2.62. The molecule has 0 spiro atoms. The average Bonchev–Trinajstić information content (AvgIpc) is 3.32. The van der Waals surface area contributed by atoms with Crippen LogP contribution in [0, 0.1) is 5.92 Å². The molecule has 0 N–H and O–H groups in total. The lowest BCUT2D eigenvalue weighted by Crippen LogP contribution is -2.42. The van der Waals surface area contributed by atoms with E-state index in [0.29, 0.717) is 18.4 Å². The average molecular weight is 365 g/mol. The predicted molar refractivity (Wildman–Crippen MR) is 99.0 cm³/mol. The molecule has 0 bridgehead atoms. The Morgan fingerprint density at radius 3 is 3.00 bits per heavy atom. The van der Waals surface area contributed by atoms with Gasteiger partial charge in [-0.1, -0.05) is 17.3 Å². The second kappa shape index (κ2) is 6.79. The van der Waals surface area contributed by atoms with Crippen LogP contribution in [0.25, 0.3) is 11.0 Å². The summed E-state index contributed by atoms with van der Waals surface area (Å²) in [7, 11) is 0. The van der Waals surface area contributed by atoms with Gasteiger partial charge >= 0.3 is 0 Å². The Morgan fingerprint density at radius 2 is 2.11 bits per heavy atom. The third-order valence-corrected chi connectivity index (χ3v) is 5.59. The van der Waals surface area contributed by atoms with Crippen LogP contribution in [-0.4, -0.2) is 43.6 Å². The van der Waals surface area contributed by atoms with E-state index in [1.54, 1.807) is 6.33 Å². The van der Waals surface area contributed by atoms with Gasteiger partial charge in [0.25, 0.3) is 0 Å². The number of fused-ring (bicyclic) bond motifs is 1. The second-order valence-corrected chi connectivity index (χ2v) is 7.73. The molecule has 1 saturated heterocycles. The van der Waals surface area contributed by atoms with E-state index in [0.717, 1.165) is 55.1 Å². The first-order chi connectivity index (χ1) is 13.3. The zero-order valence-electron chi connectivity index (χ0n) is 15.3. The number of rotatable bonds is 5. The number of aromatic nitrogens is 4. The normalized spacial score (nSPS) is 20.3. The first-order valence-electron chi connectivity index (χ1n) is 9.76. The monoisotopic (exact) mass is 365 g/mol. The van der Waals surface area contributed by atoms with Gasteiger partial charge in [0.1, 0.15) is 6.54 Å². The van der Waals surface area contributed by atoms with Gasteiger partial charge in [0, 0.05) is 25.4 Å². The summed E-state index contributed by atoms with van der Waals surface area (Å²) >= 11 is 0. The summed E-state index contributed by atoms with van der Waals surface area (Å²) < 4.78 is 7.35. The standard InChI is InChI=1S/C20H23N5O2/c26-19(12-25-13-21-16-5-1-2-6-17(16)25)24-9-3-4-14(11-24)10-18-22-20(23-27-18)15-7-8-15/h1-2,5-6,13-15H,3-4,7-12H2/t14-/m1/s1. The lowest BCUT2D eigenvalue weighted by Gasteiger charge is -2.32. The Labute approximate surface area is 157 Å². The number of nitrogens with zero attached hydrogens (tertiary/aromatic N) is 5. The highest BCUT2D eigenvalue weighted by Crippen LogP contribution is 2.38. The van der Waals surface area contributed by atoms with Crippen molar-refractivity contribution in [3.05, 3.63) is 42.3 Å². The summed E-state index contributed by atoms with van der Waals surface area (Å²) in [6, 6.07) is 7.90. The van der Waals surface area contributed by atoms with Crippen molar-refractivity contribution in [3.63, 3.8) is 0 Å². The van der Waals surface area contributed by atoms with Crippen molar-refractivity contribution in [1.82, 2.24) is 24.6 Å². The fourth-order valence-electron chi connectivity index (χ4n) is 3.95. The molecule has 2 fully saturated rings. The lowest BCUT2D eigenvalue weighted by molar-refractivity contribution is -0.133. The highest BCUT2D eigenvalue weighted by molar-refractivity contribution is 5.80. The zero-order chi connectivity index (χ0) is 18.2. The Hall–Kier alpha value is -2.70. The number of para-hydroxylation sites is 2. The summed E-state index contributed by atoms with van der Waals surface area (Å²) in [5, 5.41) is 4.10. The van der Waals surface area contributed by atoms with Gasteiger partial charge in [-0.3, -0.25) is 4.79 Å². The molecule has 1 saturated carbocycles. The first kappa shape index (κ1) is 16.5. The maximum atomic E-state index is 12.8. The van der Waals surface area contributed by atoms with E-state index in [-0.39, 0.29) is 5.91 Å². The molecule has 1 aromatic carbocycles. The van der Waals surface area contributed by atoms with Gasteiger partial charge in [0.05, 0.1) is 17.4 Å². The quantitative estimate of drug-likeness (QED) is 0.695. The van der Waals surface area contributed by atoms with Crippen molar-refractivity contribution >= 4 is 16.9 Å². The van der Waals surface area contributed by atoms with Crippen LogP contribution in [0.1, 0.15) is 43.3 Å². The summed E-state index contributed by atoms with van der Waals surface area (Å²) in [4.78, 5) is 23.7. The SMILES string of the molecule is O=C(Cn1cnc2ccccc21)N1CCC[C@H](Cc2nc(C3CC3)no2)C1. The van der Waals surface area contributed by atoms with Gasteiger partial charge < -0.3 is 14.0 Å². The molecule has 1 aliphatic carbocycles. The van der Waals surface area contributed by atoms with Gasteiger partial charge in [-0.05, 0) is 43.7 Å². The Kier molecular flexibility index (Phi) is 4.14. The Balaban J connectivity index is 1.22. The maximum Gasteiger partial charge on any atom is 0.242 e. The Morgan fingerprint density at radius 1 is 1.22 bits per heavy atom. The molecule has 1 atom stereocenters. The number of hydrogen-bond acceptors (Lipinski definition) is 5. The zero-order valence-corrected chi connectivity index (χ0v) is 15.3. The second-order valence-electron chi connectivity index (χ2n) is 7.73. The van der Waals surface area contributed by atoms with Crippen molar-refractivity contribution < 1.29 is 9.32 Å². The first-order valence-corrected chi connectivity index (χ1v) is 9.76. The van der Waals surface area contributed by atoms with Gasteiger partial charge in [-0.15, -0.1) is 0 Å². The lowest BCUT2D eigenvalue weighted by atomic mass is 9.94. The molecule has 0 unspecified atom stereocenters. The van der Waals surface area contributed by atoms with E-state index >= 15 is 0 Å². The number of likely N-dealkylation sites (tertiary alicyclic amines) is 1. The molecule has 3 aromatic rings. The van der Waals surface area contributed by atoms with Crippen LogP contribution < -0.4 is 0 Å². The molecule has 1 amide bonds. The largest absolute Gasteiger partial charge is 0.341 e. The molecular formula is C20H23N5O2. The summed E-state index contributed by atoms with van der Waals surface area (Å²) in [6.07, 6.45) is 6.98. The van der Waals surface area contributed by atoms with E-state index in [1.807, 2.05) is 33.7 Å². The molecule has 3 heterocycles. The summed E-state index contributed by atoms with van der Waals surface area (Å²) in [6.45, 7) is 1.91. The van der Waals surface area contributed by atoms with E-state index in [2.05, 4.69) is 15.1 Å². The van der Waals surface area contributed by atoms with Crippen molar-refractivity contribution in [2.75, 3.05) is 13.1 Å². The topological polar surface area (TPSA) is 77.1 Å². The third kappa shape index (κ3) is 3.46. The Bertz CT molecular complexity index is 958. The van der Waals surface area contributed by atoms with Crippen molar-refractivity contribution in [2.45, 2.75) is 44.6 Å². The van der Waals surface area contributed by atoms with Crippen molar-refractivity contribution in [3.8, 4) is 0 Å². The maximum absolute atomic E-state index is 12.8. The van der Waals surface area contributed by atoms with Gasteiger partial charge in [0.15, 0.2) is 5.82 Å². The van der Waals surface area contributed by atoms with Gasteiger partial charge in [-0.25, -0.2) is 4.98 Å². The van der Waals surface area contributed by atoms with Crippen LogP contribution in [-0.2, 0) is 17.8 Å². The molecule has 27 heavy (non-hydrogen) atoms. The van der Waals surface area contributed by atoms with Crippen LogP contribution in [0.4, 0.5) is 0 Å². The highest BCUT2D eigenvalue weighted by atomic mass is 16.5. The molecule has 0 radical (unpaired) electrons. The minimum absolute atomic E-state index is 0.145. The number of imidazole rings is 1. The van der Waals surface area contributed by atoms with Crippen LogP contribution in [0.5, 0.6) is 0 Å². The van der Waals surface area contributed by atoms with Crippen LogP contribution in [0.2, 0.25) is 0 Å². The molecule has 7 nitrogen and oxygen atoms in total. The molecule has 5 rings (SSSR count). The number of piperidine rings is 1. The van der Waals surface area contributed by atoms with Gasteiger partial charge in [-0.2, -0.15) is 4.98 Å². The fourth-order valence-corrected chi connectivity index (χ4v) is 3.95. The van der Waals surface area contributed by atoms with Crippen LogP contribution >= 0.6 is 0 Å². The number of hydrogen-bond donors (Lipinski definition) is 0. The molecule has 7 heteroatoms. The van der Waals surface area contributed by atoms with E-state index < -0.39 is 0 Å². The van der Waals surface area contributed by atoms with Crippen LogP contribution in [0.3, 0.4) is 0 Å². The van der Waals surface area contributed by atoms with Crippen molar-refractivity contribution in [2.24, 2.45) is 5.92 Å². The highest BCUT2D eigenvalue weighted by Gasteiger charge is 2.30. The number of benzene rings is 1. The molecule has 2 aliphatic rings. The fraction of sp³-hybridized carbons (Fsp3) is 0.500. The van der Waals surface area contributed by atoms with E-state index in [9.17, 15) is 4.79 Å². The van der Waals surface area contributed by atoms with Gasteiger partial charge in [0.2, 0.25) is 11.8 Å². The molecule has 140 valence electrons. The van der Waals surface area contributed by atoms with Crippen LogP contribution in [0.15, 0.2) is 35.1 Å². The van der Waals surface area contributed by atoms with Crippen molar-refractivity contribution in [1.29, 1.82) is 0 Å². The summed E-state index contributed by atoms with van der Waals surface area (Å²) in [5.41, 5.74) is 1.92. The minimum Gasteiger partial charge on any atom is -0.341 e. The number of carbonyl (C=O) groups is 1. The third-order valence-electron chi connectivity index (χ3n) is 5.59. The number of amides is 1. The smallest absolute Gasteiger partial charge is 0.242 e. The molecular weight excluding hydrogens is 342 g/mol. The molecule has 1 aliphatic heterocycles.